The molecule has 3 aromatic heterocycles. The van der Waals surface area contributed by atoms with E-state index in [1.54, 1.807) is 18.2 Å². The van der Waals surface area contributed by atoms with E-state index < -0.39 is 46.3 Å². The number of anilines is 1. The number of carbonyl (C=O) groups is 2. The van der Waals surface area contributed by atoms with Crippen molar-refractivity contribution in [2.24, 2.45) is 12.8 Å². The molecule has 0 aliphatic heterocycles. The summed E-state index contributed by atoms with van der Waals surface area (Å²) in [6, 6.07) is 8.46. The minimum Gasteiger partial charge on any atom is -0.365 e. The minimum atomic E-state index is -4.93. The predicted molar refractivity (Wildman–Crippen MR) is 120 cm³/mol. The fraction of sp³-hybridized carbons (Fsp3) is 0.143. The van der Waals surface area contributed by atoms with Crippen molar-refractivity contribution in [3.8, 4) is 11.1 Å². The van der Waals surface area contributed by atoms with Crippen molar-refractivity contribution < 1.29 is 35.9 Å². The van der Waals surface area contributed by atoms with Gasteiger partial charge in [-0.15, -0.1) is 11.3 Å². The van der Waals surface area contributed by atoms with Gasteiger partial charge in [0.15, 0.2) is 11.4 Å². The summed E-state index contributed by atoms with van der Waals surface area (Å²) in [4.78, 5) is 28.0. The maximum absolute atomic E-state index is 13.6. The summed E-state index contributed by atoms with van der Waals surface area (Å²) in [5, 5.41) is 4.71. The molecule has 0 saturated heterocycles. The van der Waals surface area contributed by atoms with E-state index >= 15 is 0 Å². The van der Waals surface area contributed by atoms with Crippen LogP contribution in [0.5, 0.6) is 0 Å². The van der Waals surface area contributed by atoms with E-state index in [-0.39, 0.29) is 31.9 Å². The molecule has 0 saturated carbocycles. The normalized spacial score (nSPS) is 12.2. The van der Waals surface area contributed by atoms with Gasteiger partial charge in [-0.1, -0.05) is 41.9 Å². The molecule has 0 unspecified atom stereocenters. The third-order valence-corrected chi connectivity index (χ3v) is 6.43. The summed E-state index contributed by atoms with van der Waals surface area (Å²) in [6.45, 7) is 0. The van der Waals surface area contributed by atoms with Gasteiger partial charge in [-0.25, -0.2) is 4.98 Å². The molecule has 4 aromatic rings. The topological polar surface area (TPSA) is 103 Å². The van der Waals surface area contributed by atoms with E-state index in [2.05, 4.69) is 15.4 Å². The van der Waals surface area contributed by atoms with E-state index in [0.717, 1.165) is 13.1 Å². The lowest BCUT2D eigenvalue weighted by atomic mass is 10.0. The number of nitrogens with one attached hydrogen (secondary N) is 1. The molecule has 3 N–H and O–H groups in total. The van der Waals surface area contributed by atoms with E-state index in [1.165, 1.54) is 12.1 Å². The zero-order valence-electron chi connectivity index (χ0n) is 17.8. The van der Waals surface area contributed by atoms with Crippen LogP contribution in [0.1, 0.15) is 31.5 Å². The van der Waals surface area contributed by atoms with Crippen LogP contribution in [-0.2, 0) is 19.4 Å². The first kappa shape index (κ1) is 25.4. The van der Waals surface area contributed by atoms with Gasteiger partial charge in [0.1, 0.15) is 20.4 Å². The molecule has 7 nitrogen and oxygen atoms in total. The van der Waals surface area contributed by atoms with Crippen molar-refractivity contribution in [1.29, 1.82) is 0 Å². The Kier molecular flexibility index (Phi) is 6.21. The monoisotopic (exact) mass is 547 g/mol. The number of thiophene rings is 1. The Morgan fingerprint density at radius 1 is 1.08 bits per heavy atom. The smallest absolute Gasteiger partial charge is 0.365 e. The van der Waals surface area contributed by atoms with Gasteiger partial charge < -0.3 is 11.1 Å². The first-order valence-corrected chi connectivity index (χ1v) is 10.9. The zero-order valence-corrected chi connectivity index (χ0v) is 19.3. The maximum Gasteiger partial charge on any atom is 0.434 e. The summed E-state index contributed by atoms with van der Waals surface area (Å²) in [7, 11) is 0.927. The predicted octanol–water partition coefficient (Wildman–Crippen LogP) is 5.74. The first-order chi connectivity index (χ1) is 16.7. The highest BCUT2D eigenvalue weighted by Gasteiger charge is 2.40. The molecule has 0 aliphatic rings. The Labute approximate surface area is 206 Å². The second-order valence-electron chi connectivity index (χ2n) is 7.36. The highest BCUT2D eigenvalue weighted by molar-refractivity contribution is 7.21. The Morgan fingerprint density at radius 2 is 1.72 bits per heavy atom. The van der Waals surface area contributed by atoms with Gasteiger partial charge in [-0.05, 0) is 17.2 Å². The molecule has 1 aromatic carbocycles. The molecule has 0 fully saturated rings. The van der Waals surface area contributed by atoms with Gasteiger partial charge in [0.05, 0.1) is 5.69 Å². The number of halogens is 7. The molecule has 188 valence electrons. The van der Waals surface area contributed by atoms with Gasteiger partial charge in [0.2, 0.25) is 0 Å². The van der Waals surface area contributed by atoms with Crippen LogP contribution in [0.15, 0.2) is 36.4 Å². The van der Waals surface area contributed by atoms with Crippen molar-refractivity contribution in [2.75, 3.05) is 5.32 Å². The number of amides is 2. The summed E-state index contributed by atoms with van der Waals surface area (Å²) < 4.78 is 80.9. The number of aryl methyl sites for hydroxylation is 1. The van der Waals surface area contributed by atoms with E-state index in [0.29, 0.717) is 16.0 Å². The highest BCUT2D eigenvalue weighted by atomic mass is 35.5. The molecular weight excluding hydrogens is 536 g/mol. The van der Waals surface area contributed by atoms with E-state index in [4.69, 9.17) is 17.3 Å². The number of primary amides is 1. The van der Waals surface area contributed by atoms with Crippen LogP contribution < -0.4 is 11.1 Å². The van der Waals surface area contributed by atoms with Crippen molar-refractivity contribution >= 4 is 50.7 Å². The second kappa shape index (κ2) is 8.78. The Hall–Kier alpha value is -3.65. The standard InChI is InChI=1S/C21H12ClF6N5O2S/c1-33-16(21(26,27)28)12(22)14(32-33)18(35)31-13-11-9(8-5-3-2-4-6-8)7-10(20(23,24)25)30-19(11)36-15(13)17(29)34/h2-7H,1H3,(H2,29,34)(H,31,35). The van der Waals surface area contributed by atoms with Crippen LogP contribution >= 0.6 is 22.9 Å². The third-order valence-electron chi connectivity index (χ3n) is 4.97. The maximum atomic E-state index is 13.6. The third kappa shape index (κ3) is 4.48. The minimum absolute atomic E-state index is 0.0462. The lowest BCUT2D eigenvalue weighted by Gasteiger charge is -2.12. The number of hydrogen-bond donors (Lipinski definition) is 2. The van der Waals surface area contributed by atoms with Crippen molar-refractivity contribution in [2.45, 2.75) is 12.4 Å². The quantitative estimate of drug-likeness (QED) is 0.318. The molecule has 0 bridgehead atoms. The van der Waals surface area contributed by atoms with Gasteiger partial charge in [0, 0.05) is 12.4 Å². The molecule has 0 spiro atoms. The molecule has 2 amide bonds. The van der Waals surface area contributed by atoms with E-state index in [9.17, 15) is 35.9 Å². The van der Waals surface area contributed by atoms with Crippen LogP contribution in [0.25, 0.3) is 21.3 Å². The van der Waals surface area contributed by atoms with Crippen LogP contribution in [0.3, 0.4) is 0 Å². The van der Waals surface area contributed by atoms with Crippen molar-refractivity contribution in [3.63, 3.8) is 0 Å². The number of pyridine rings is 1. The Morgan fingerprint density at radius 3 is 2.25 bits per heavy atom. The summed E-state index contributed by atoms with van der Waals surface area (Å²) in [6.07, 6.45) is -9.77. The number of alkyl halides is 6. The second-order valence-corrected chi connectivity index (χ2v) is 8.73. The number of nitrogens with two attached hydrogens (primary N) is 1. The lowest BCUT2D eigenvalue weighted by molar-refractivity contribution is -0.143. The summed E-state index contributed by atoms with van der Waals surface area (Å²) in [5.41, 5.74) is 1.84. The van der Waals surface area contributed by atoms with Crippen molar-refractivity contribution in [1.82, 2.24) is 14.8 Å². The molecule has 15 heteroatoms. The molecule has 36 heavy (non-hydrogen) atoms. The Balaban J connectivity index is 1.95. The number of nitrogens with zero attached hydrogens (tertiary/aromatic N) is 3. The lowest BCUT2D eigenvalue weighted by Crippen LogP contribution is -2.17. The zero-order chi connectivity index (χ0) is 26.6. The SMILES string of the molecule is Cn1nc(C(=O)Nc2c(C(N)=O)sc3nc(C(F)(F)F)cc(-c4ccccc4)c23)c(Cl)c1C(F)(F)F. The average molecular weight is 548 g/mol. The van der Waals surface area contributed by atoms with Gasteiger partial charge in [0.25, 0.3) is 11.8 Å². The Bertz CT molecular complexity index is 1510. The van der Waals surface area contributed by atoms with Crippen LogP contribution in [-0.4, -0.2) is 26.6 Å². The van der Waals surface area contributed by atoms with Gasteiger partial charge in [-0.3, -0.25) is 14.3 Å². The highest BCUT2D eigenvalue weighted by Crippen LogP contribution is 2.44. The van der Waals surface area contributed by atoms with Crippen LogP contribution in [0.4, 0.5) is 32.0 Å². The van der Waals surface area contributed by atoms with Crippen molar-refractivity contribution in [3.05, 3.63) is 63.4 Å². The number of hydrogen-bond acceptors (Lipinski definition) is 5. The first-order valence-electron chi connectivity index (χ1n) is 9.71. The van der Waals surface area contributed by atoms with Crippen LogP contribution in [0.2, 0.25) is 5.02 Å². The summed E-state index contributed by atoms with van der Waals surface area (Å²) >= 11 is 6.26. The van der Waals surface area contributed by atoms with Gasteiger partial charge >= 0.3 is 12.4 Å². The fourth-order valence-electron chi connectivity index (χ4n) is 3.51. The fourth-order valence-corrected chi connectivity index (χ4v) is 4.87. The number of carbonyl (C=O) groups excluding carboxylic acids is 2. The largest absolute Gasteiger partial charge is 0.434 e. The van der Waals surface area contributed by atoms with E-state index in [1.807, 2.05) is 0 Å². The van der Waals surface area contributed by atoms with Gasteiger partial charge in [-0.2, -0.15) is 31.4 Å². The molecule has 0 radical (unpaired) electrons. The molecule has 0 atom stereocenters. The average Bonchev–Trinajstić information content (AvgIpc) is 3.29. The molecular formula is C21H12ClF6N5O2S. The molecule has 3 heterocycles. The number of fused-ring (bicyclic) bond motifs is 1. The number of rotatable bonds is 4. The summed E-state index contributed by atoms with van der Waals surface area (Å²) in [5.74, 6) is -2.35. The van der Waals surface area contributed by atoms with Crippen LogP contribution in [0, 0.1) is 0 Å². The molecule has 4 rings (SSSR count). The number of benzene rings is 1. The molecule has 0 aliphatic carbocycles. The number of aromatic nitrogens is 3.